The molecule has 0 fully saturated rings. The van der Waals surface area contributed by atoms with E-state index >= 15 is 0 Å². The third-order valence-electron chi connectivity index (χ3n) is 4.63. The summed E-state index contributed by atoms with van der Waals surface area (Å²) in [7, 11) is 1.57. The number of ether oxygens (including phenoxy) is 1. The summed E-state index contributed by atoms with van der Waals surface area (Å²) in [4.78, 5) is 39.5. The number of amides is 3. The van der Waals surface area contributed by atoms with Gasteiger partial charge in [0, 0.05) is 5.69 Å². The maximum Gasteiger partial charge on any atom is 0.262 e. The van der Waals surface area contributed by atoms with Gasteiger partial charge in [0.2, 0.25) is 5.91 Å². The van der Waals surface area contributed by atoms with Gasteiger partial charge in [0.15, 0.2) is 0 Å². The zero-order valence-corrected chi connectivity index (χ0v) is 15.4. The van der Waals surface area contributed by atoms with Gasteiger partial charge in [0.25, 0.3) is 11.8 Å². The van der Waals surface area contributed by atoms with Crippen LogP contribution in [0.4, 0.5) is 5.69 Å². The van der Waals surface area contributed by atoms with Gasteiger partial charge in [-0.25, -0.2) is 0 Å². The summed E-state index contributed by atoms with van der Waals surface area (Å²) < 4.78 is 5.11. The molecule has 0 radical (unpaired) electrons. The Morgan fingerprint density at radius 3 is 2.15 bits per heavy atom. The Kier molecular flexibility index (Phi) is 5.54. The number of imide groups is 1. The molecule has 0 saturated carbocycles. The van der Waals surface area contributed by atoms with E-state index in [9.17, 15) is 14.4 Å². The summed E-state index contributed by atoms with van der Waals surface area (Å²) in [5, 5.41) is 2.81. The van der Waals surface area contributed by atoms with Crippen molar-refractivity contribution in [2.24, 2.45) is 0 Å². The molecule has 0 aliphatic carbocycles. The minimum absolute atomic E-state index is 0.348. The Labute approximate surface area is 158 Å². The number of hydrogen-bond donors (Lipinski definition) is 1. The molecule has 1 atom stereocenters. The predicted octanol–water partition coefficient (Wildman–Crippen LogP) is 3.49. The summed E-state index contributed by atoms with van der Waals surface area (Å²) >= 11 is 0. The summed E-state index contributed by atoms with van der Waals surface area (Å²) in [5.74, 6) is -0.526. The van der Waals surface area contributed by atoms with Crippen LogP contribution in [0.25, 0.3) is 0 Å². The first-order valence-electron chi connectivity index (χ1n) is 8.98. The first kappa shape index (κ1) is 18.6. The maximum atomic E-state index is 12.9. The van der Waals surface area contributed by atoms with E-state index in [-0.39, 0.29) is 5.91 Å². The highest BCUT2D eigenvalue weighted by Crippen LogP contribution is 2.27. The zero-order valence-electron chi connectivity index (χ0n) is 15.4. The Balaban J connectivity index is 1.84. The lowest BCUT2D eigenvalue weighted by Gasteiger charge is -2.25. The summed E-state index contributed by atoms with van der Waals surface area (Å²) in [6, 6.07) is 12.7. The first-order chi connectivity index (χ1) is 13.1. The molecule has 0 saturated heterocycles. The molecule has 3 amide bonds. The molecule has 0 aromatic heterocycles. The molecule has 6 heteroatoms. The number of nitrogens with zero attached hydrogens (tertiary/aromatic N) is 1. The largest absolute Gasteiger partial charge is 0.497 e. The highest BCUT2D eigenvalue weighted by atomic mass is 16.5. The third kappa shape index (κ3) is 3.69. The fourth-order valence-electron chi connectivity index (χ4n) is 3.17. The Morgan fingerprint density at radius 2 is 1.63 bits per heavy atom. The molecule has 1 aliphatic rings. The monoisotopic (exact) mass is 366 g/mol. The van der Waals surface area contributed by atoms with Crippen LogP contribution in [-0.4, -0.2) is 35.8 Å². The van der Waals surface area contributed by atoms with Gasteiger partial charge in [-0.15, -0.1) is 0 Å². The van der Waals surface area contributed by atoms with Crippen molar-refractivity contribution in [1.29, 1.82) is 0 Å². The molecular formula is C21H22N2O4. The highest BCUT2D eigenvalue weighted by molar-refractivity contribution is 6.23. The van der Waals surface area contributed by atoms with Gasteiger partial charge in [-0.2, -0.15) is 0 Å². The number of anilines is 1. The van der Waals surface area contributed by atoms with E-state index in [1.54, 1.807) is 55.6 Å². The van der Waals surface area contributed by atoms with Gasteiger partial charge < -0.3 is 10.1 Å². The first-order valence-corrected chi connectivity index (χ1v) is 8.98. The summed E-state index contributed by atoms with van der Waals surface area (Å²) in [5.41, 5.74) is 1.28. The molecule has 140 valence electrons. The van der Waals surface area contributed by atoms with Crippen LogP contribution in [0.5, 0.6) is 5.75 Å². The lowest BCUT2D eigenvalue weighted by atomic mass is 10.1. The van der Waals surface area contributed by atoms with Crippen LogP contribution in [0.15, 0.2) is 48.5 Å². The molecule has 1 N–H and O–H groups in total. The number of carbonyl (C=O) groups is 3. The van der Waals surface area contributed by atoms with Gasteiger partial charge in [-0.1, -0.05) is 31.9 Å². The molecular weight excluding hydrogens is 344 g/mol. The van der Waals surface area contributed by atoms with Crippen LogP contribution in [0.1, 0.15) is 46.9 Å². The van der Waals surface area contributed by atoms with Crippen LogP contribution in [-0.2, 0) is 4.79 Å². The zero-order chi connectivity index (χ0) is 19.4. The number of hydrogen-bond acceptors (Lipinski definition) is 4. The van der Waals surface area contributed by atoms with Crippen molar-refractivity contribution in [3.63, 3.8) is 0 Å². The van der Waals surface area contributed by atoms with Crippen molar-refractivity contribution < 1.29 is 19.1 Å². The van der Waals surface area contributed by atoms with E-state index in [0.717, 1.165) is 17.7 Å². The van der Waals surface area contributed by atoms with Gasteiger partial charge in [0.05, 0.1) is 18.2 Å². The van der Waals surface area contributed by atoms with Crippen molar-refractivity contribution >= 4 is 23.4 Å². The third-order valence-corrected chi connectivity index (χ3v) is 4.63. The van der Waals surface area contributed by atoms with Crippen molar-refractivity contribution in [2.45, 2.75) is 32.2 Å². The minimum Gasteiger partial charge on any atom is -0.497 e. The second kappa shape index (κ2) is 8.03. The number of carbonyl (C=O) groups excluding carboxylic acids is 3. The molecule has 1 heterocycles. The van der Waals surface area contributed by atoms with Crippen LogP contribution in [0, 0.1) is 0 Å². The summed E-state index contributed by atoms with van der Waals surface area (Å²) in [6.45, 7) is 2.00. The van der Waals surface area contributed by atoms with E-state index in [0.29, 0.717) is 29.0 Å². The molecule has 1 aliphatic heterocycles. The van der Waals surface area contributed by atoms with Crippen molar-refractivity contribution in [2.75, 3.05) is 12.4 Å². The summed E-state index contributed by atoms with van der Waals surface area (Å²) in [6.07, 6.45) is 2.01. The van der Waals surface area contributed by atoms with Crippen LogP contribution < -0.4 is 10.1 Å². The molecule has 6 nitrogen and oxygen atoms in total. The van der Waals surface area contributed by atoms with Crippen molar-refractivity contribution in [3.8, 4) is 5.75 Å². The predicted molar refractivity (Wildman–Crippen MR) is 102 cm³/mol. The fraction of sp³-hybridized carbons (Fsp3) is 0.286. The van der Waals surface area contributed by atoms with Crippen molar-refractivity contribution in [3.05, 3.63) is 59.7 Å². The standard InChI is InChI=1S/C21H22N2O4/c1-3-4-9-18(19(24)22-14-10-12-15(27-2)13-11-14)23-20(25)16-7-5-6-8-17(16)21(23)26/h5-8,10-13,18H,3-4,9H2,1-2H3,(H,22,24)/t18-/m1/s1. The van der Waals surface area contributed by atoms with Crippen LogP contribution in [0.2, 0.25) is 0 Å². The average Bonchev–Trinajstić information content (AvgIpc) is 2.94. The second-order valence-corrected chi connectivity index (χ2v) is 6.40. The second-order valence-electron chi connectivity index (χ2n) is 6.40. The molecule has 2 aromatic rings. The number of benzene rings is 2. The van der Waals surface area contributed by atoms with E-state index in [4.69, 9.17) is 4.74 Å². The number of unbranched alkanes of at least 4 members (excludes halogenated alkanes) is 1. The van der Waals surface area contributed by atoms with Gasteiger partial charge in [-0.3, -0.25) is 19.3 Å². The van der Waals surface area contributed by atoms with Crippen LogP contribution in [0.3, 0.4) is 0 Å². The molecule has 0 unspecified atom stereocenters. The SMILES string of the molecule is CCCC[C@H](C(=O)Nc1ccc(OC)cc1)N1C(=O)c2ccccc2C1=O. The number of methoxy groups -OCH3 is 1. The van der Waals surface area contributed by atoms with E-state index < -0.39 is 17.9 Å². The molecule has 27 heavy (non-hydrogen) atoms. The fourth-order valence-corrected chi connectivity index (χ4v) is 3.17. The van der Waals surface area contributed by atoms with E-state index in [2.05, 4.69) is 5.32 Å². The molecule has 2 aromatic carbocycles. The number of fused-ring (bicyclic) bond motifs is 1. The topological polar surface area (TPSA) is 75.7 Å². The van der Waals surface area contributed by atoms with Gasteiger partial charge >= 0.3 is 0 Å². The lowest BCUT2D eigenvalue weighted by Crippen LogP contribution is -2.47. The normalized spacial score (nSPS) is 14.1. The Morgan fingerprint density at radius 1 is 1.04 bits per heavy atom. The lowest BCUT2D eigenvalue weighted by molar-refractivity contribution is -0.120. The van der Waals surface area contributed by atoms with Crippen LogP contribution >= 0.6 is 0 Å². The smallest absolute Gasteiger partial charge is 0.262 e. The molecule has 3 rings (SSSR count). The molecule has 0 spiro atoms. The molecule has 0 bridgehead atoms. The Bertz CT molecular complexity index is 826. The Hall–Kier alpha value is -3.15. The van der Waals surface area contributed by atoms with E-state index in [1.807, 2.05) is 6.92 Å². The number of rotatable bonds is 7. The van der Waals surface area contributed by atoms with Crippen molar-refractivity contribution in [1.82, 2.24) is 4.90 Å². The highest BCUT2D eigenvalue weighted by Gasteiger charge is 2.42. The minimum atomic E-state index is -0.848. The quantitative estimate of drug-likeness (QED) is 0.761. The maximum absolute atomic E-state index is 12.9. The van der Waals surface area contributed by atoms with E-state index in [1.165, 1.54) is 0 Å². The van der Waals surface area contributed by atoms with Gasteiger partial charge in [0.1, 0.15) is 11.8 Å². The average molecular weight is 366 g/mol. The number of nitrogens with one attached hydrogen (secondary N) is 1. The van der Waals surface area contributed by atoms with Gasteiger partial charge in [-0.05, 0) is 42.8 Å².